The van der Waals surface area contributed by atoms with Crippen molar-refractivity contribution in [1.82, 2.24) is 0 Å². The van der Waals surface area contributed by atoms with Crippen LogP contribution in [0.2, 0.25) is 0 Å². The molecule has 0 N–H and O–H groups in total. The summed E-state index contributed by atoms with van der Waals surface area (Å²) in [4.78, 5) is 0. The quantitative estimate of drug-likeness (QED) is 0.467. The van der Waals surface area contributed by atoms with Crippen molar-refractivity contribution in [3.05, 3.63) is 54.6 Å². The molecule has 0 fully saturated rings. The van der Waals surface area contributed by atoms with Gasteiger partial charge in [-0.1, -0.05) is 43.0 Å². The highest BCUT2D eigenvalue weighted by molar-refractivity contribution is 5.47. The molecule has 1 rings (SSSR count). The summed E-state index contributed by atoms with van der Waals surface area (Å²) in [6.07, 6.45) is 7.27. The van der Waals surface area contributed by atoms with Gasteiger partial charge in [-0.2, -0.15) is 0 Å². The van der Waals surface area contributed by atoms with Gasteiger partial charge in [-0.05, 0) is 30.4 Å². The van der Waals surface area contributed by atoms with Crippen LogP contribution in [-0.4, -0.2) is 0 Å². The van der Waals surface area contributed by atoms with Gasteiger partial charge in [-0.3, -0.25) is 0 Å². The van der Waals surface area contributed by atoms with Crippen LogP contribution in [0.25, 0.3) is 6.08 Å². The van der Waals surface area contributed by atoms with Crippen molar-refractivity contribution in [3.8, 4) is 0 Å². The van der Waals surface area contributed by atoms with Gasteiger partial charge in [0.2, 0.25) is 0 Å². The minimum Gasteiger partial charge on any atom is -0.103 e. The second-order valence-corrected chi connectivity index (χ2v) is 3.13. The molecule has 1 aromatic carbocycles. The lowest BCUT2D eigenvalue weighted by atomic mass is 10.1. The molecule has 0 heterocycles. The van der Waals surface area contributed by atoms with Crippen molar-refractivity contribution in [3.63, 3.8) is 0 Å². The molecule has 0 nitrogen and oxygen atoms in total. The fourth-order valence-corrected chi connectivity index (χ4v) is 1.33. The van der Waals surface area contributed by atoms with E-state index in [1.807, 2.05) is 12.2 Å². The molecule has 0 atom stereocenters. The first kappa shape index (κ1) is 9.79. The van der Waals surface area contributed by atoms with Gasteiger partial charge in [-0.25, -0.2) is 0 Å². The summed E-state index contributed by atoms with van der Waals surface area (Å²) in [5, 5.41) is 0. The molecule has 13 heavy (non-hydrogen) atoms. The predicted molar refractivity (Wildman–Crippen MR) is 59.7 cm³/mol. The lowest BCUT2D eigenvalue weighted by Crippen LogP contribution is -1.84. The third-order valence-electron chi connectivity index (χ3n) is 2.06. The van der Waals surface area contributed by atoms with Crippen molar-refractivity contribution in [1.29, 1.82) is 0 Å². The van der Waals surface area contributed by atoms with Gasteiger partial charge in [0, 0.05) is 0 Å². The Labute approximate surface area is 80.6 Å². The van der Waals surface area contributed by atoms with Crippen LogP contribution in [0.4, 0.5) is 0 Å². The first-order valence-electron chi connectivity index (χ1n) is 4.69. The third kappa shape index (κ3) is 3.29. The van der Waals surface area contributed by atoms with E-state index in [0.29, 0.717) is 0 Å². The molecule has 0 saturated carbocycles. The van der Waals surface area contributed by atoms with E-state index in [2.05, 4.69) is 37.4 Å². The van der Waals surface area contributed by atoms with Gasteiger partial charge in [0.25, 0.3) is 0 Å². The molecule has 0 spiro atoms. The van der Waals surface area contributed by atoms with Crippen LogP contribution in [0.15, 0.2) is 43.5 Å². The van der Waals surface area contributed by atoms with E-state index in [0.717, 1.165) is 12.8 Å². The predicted octanol–water partition coefficient (Wildman–Crippen LogP) is 3.84. The maximum Gasteiger partial charge on any atom is -0.0260 e. The molecule has 0 radical (unpaired) electrons. The van der Waals surface area contributed by atoms with E-state index in [-0.39, 0.29) is 0 Å². The first-order valence-corrected chi connectivity index (χ1v) is 4.69. The average Bonchev–Trinajstić information content (AvgIpc) is 2.19. The number of unbranched alkanes of at least 4 members (excludes halogenated alkanes) is 1. The summed E-state index contributed by atoms with van der Waals surface area (Å²) in [5.41, 5.74) is 2.59. The zero-order chi connectivity index (χ0) is 9.52. The Morgan fingerprint density at radius 2 is 2.08 bits per heavy atom. The maximum absolute atomic E-state index is 3.75. The van der Waals surface area contributed by atoms with Crippen LogP contribution in [0, 0.1) is 0 Å². The molecule has 0 aromatic heterocycles. The number of rotatable bonds is 5. The molecule has 0 amide bonds. The minimum absolute atomic E-state index is 1.10. The zero-order valence-electron chi connectivity index (χ0n) is 8.00. The monoisotopic (exact) mass is 172 g/mol. The van der Waals surface area contributed by atoms with Gasteiger partial charge in [0.05, 0.1) is 0 Å². The van der Waals surface area contributed by atoms with Crippen LogP contribution in [0.1, 0.15) is 24.0 Å². The summed E-state index contributed by atoms with van der Waals surface area (Å²) in [6.45, 7) is 7.46. The van der Waals surface area contributed by atoms with Gasteiger partial charge in [0.15, 0.2) is 0 Å². The number of allylic oxidation sites excluding steroid dienone is 1. The smallest absolute Gasteiger partial charge is 0.0260 e. The van der Waals surface area contributed by atoms with Crippen LogP contribution < -0.4 is 0 Å². The first-order chi connectivity index (χ1) is 6.36. The van der Waals surface area contributed by atoms with Crippen molar-refractivity contribution in [2.75, 3.05) is 0 Å². The van der Waals surface area contributed by atoms with Crippen LogP contribution >= 0.6 is 0 Å². The lowest BCUT2D eigenvalue weighted by Gasteiger charge is -2.00. The fraction of sp³-hybridized carbons (Fsp3) is 0.231. The van der Waals surface area contributed by atoms with Crippen molar-refractivity contribution >= 4 is 6.08 Å². The number of hydrogen-bond donors (Lipinski definition) is 0. The minimum atomic E-state index is 1.10. The lowest BCUT2D eigenvalue weighted by molar-refractivity contribution is 0.844. The Bertz CT molecular complexity index is 284. The highest BCUT2D eigenvalue weighted by Gasteiger charge is 1.92. The zero-order valence-corrected chi connectivity index (χ0v) is 8.00. The Morgan fingerprint density at radius 1 is 1.23 bits per heavy atom. The van der Waals surface area contributed by atoms with Gasteiger partial charge in [0.1, 0.15) is 0 Å². The Morgan fingerprint density at radius 3 is 2.77 bits per heavy atom. The van der Waals surface area contributed by atoms with E-state index in [1.165, 1.54) is 17.5 Å². The SMILES string of the molecule is C=CCCCc1cccc(C=C)c1. The van der Waals surface area contributed by atoms with E-state index in [9.17, 15) is 0 Å². The van der Waals surface area contributed by atoms with E-state index >= 15 is 0 Å². The molecule has 68 valence electrons. The topological polar surface area (TPSA) is 0 Å². The molecule has 0 saturated heterocycles. The Kier molecular flexibility index (Phi) is 4.04. The van der Waals surface area contributed by atoms with Crippen LogP contribution in [-0.2, 0) is 6.42 Å². The van der Waals surface area contributed by atoms with Gasteiger partial charge in [-0.15, -0.1) is 6.58 Å². The fourth-order valence-electron chi connectivity index (χ4n) is 1.33. The maximum atomic E-state index is 3.75. The molecule has 1 aromatic rings. The standard InChI is InChI=1S/C13H16/c1-3-5-6-8-13-10-7-9-12(4-2)11-13/h3-4,7,9-11H,1-2,5-6,8H2. The summed E-state index contributed by atoms with van der Waals surface area (Å²) in [6, 6.07) is 8.51. The highest BCUT2D eigenvalue weighted by atomic mass is 14.0. The van der Waals surface area contributed by atoms with Gasteiger partial charge >= 0.3 is 0 Å². The molecule has 0 aliphatic rings. The normalized spacial score (nSPS) is 9.54. The molecule has 0 aliphatic carbocycles. The average molecular weight is 172 g/mol. The number of aryl methyl sites for hydroxylation is 1. The number of hydrogen-bond acceptors (Lipinski definition) is 0. The molecular formula is C13H16. The van der Waals surface area contributed by atoms with Gasteiger partial charge < -0.3 is 0 Å². The summed E-state index contributed by atoms with van der Waals surface area (Å²) in [7, 11) is 0. The third-order valence-corrected chi connectivity index (χ3v) is 2.06. The second kappa shape index (κ2) is 5.36. The Hall–Kier alpha value is -1.30. The molecule has 0 bridgehead atoms. The summed E-state index contributed by atoms with van der Waals surface area (Å²) >= 11 is 0. The van der Waals surface area contributed by atoms with Crippen LogP contribution in [0.5, 0.6) is 0 Å². The van der Waals surface area contributed by atoms with Crippen molar-refractivity contribution in [2.45, 2.75) is 19.3 Å². The highest BCUT2D eigenvalue weighted by Crippen LogP contribution is 2.09. The van der Waals surface area contributed by atoms with Crippen LogP contribution in [0.3, 0.4) is 0 Å². The van der Waals surface area contributed by atoms with Crippen molar-refractivity contribution in [2.24, 2.45) is 0 Å². The summed E-state index contributed by atoms with van der Waals surface area (Å²) < 4.78 is 0. The van der Waals surface area contributed by atoms with Crippen molar-refractivity contribution < 1.29 is 0 Å². The summed E-state index contributed by atoms with van der Waals surface area (Å²) in [5.74, 6) is 0. The number of benzene rings is 1. The van der Waals surface area contributed by atoms with E-state index in [4.69, 9.17) is 0 Å². The van der Waals surface area contributed by atoms with E-state index in [1.54, 1.807) is 0 Å². The molecule has 0 heteroatoms. The van der Waals surface area contributed by atoms with E-state index < -0.39 is 0 Å². The molecular weight excluding hydrogens is 156 g/mol. The molecule has 0 unspecified atom stereocenters. The second-order valence-electron chi connectivity index (χ2n) is 3.13. The molecule has 0 aliphatic heterocycles. The Balaban J connectivity index is 2.55. The largest absolute Gasteiger partial charge is 0.103 e.